The molecule has 2 aromatic rings. The number of aryl methyl sites for hydroxylation is 2. The molecule has 2 aromatic carbocycles. The van der Waals surface area contributed by atoms with Crippen LogP contribution in [-0.2, 0) is 19.0 Å². The summed E-state index contributed by atoms with van der Waals surface area (Å²) < 4.78 is 59.6. The highest BCUT2D eigenvalue weighted by molar-refractivity contribution is 6.30. The van der Waals surface area contributed by atoms with Crippen molar-refractivity contribution < 1.29 is 32.5 Å². The van der Waals surface area contributed by atoms with E-state index in [2.05, 4.69) is 0 Å². The minimum atomic E-state index is -4.63. The monoisotopic (exact) mass is 449 g/mol. The number of hydrogen-bond donors (Lipinski definition) is 3. The molecule has 0 saturated heterocycles. The third-order valence-corrected chi connectivity index (χ3v) is 5.06. The van der Waals surface area contributed by atoms with Crippen molar-refractivity contribution in [3.05, 3.63) is 63.9 Å². The minimum Gasteiger partial charge on any atom is -0.493 e. The molecule has 0 heterocycles. The van der Waals surface area contributed by atoms with Crippen LogP contribution in [-0.4, -0.2) is 35.6 Å². The van der Waals surface area contributed by atoms with Gasteiger partial charge in [-0.3, -0.25) is 0 Å². The van der Waals surface area contributed by atoms with E-state index in [1.165, 1.54) is 18.2 Å². The zero-order valence-corrected chi connectivity index (χ0v) is 16.9. The Morgan fingerprint density at radius 1 is 1.03 bits per heavy atom. The molecule has 0 saturated carbocycles. The van der Waals surface area contributed by atoms with E-state index in [1.54, 1.807) is 12.1 Å². The van der Waals surface area contributed by atoms with Crippen LogP contribution in [0.3, 0.4) is 0 Å². The molecule has 0 radical (unpaired) electrons. The van der Waals surface area contributed by atoms with Crippen LogP contribution in [0.1, 0.15) is 29.5 Å². The van der Waals surface area contributed by atoms with Gasteiger partial charge in [0.2, 0.25) is 0 Å². The van der Waals surface area contributed by atoms with Crippen LogP contribution in [0.5, 0.6) is 5.75 Å². The number of hydrogen-bond acceptors (Lipinski definition) is 4. The number of nitrogens with two attached hydrogens (primary N) is 1. The molecule has 4 nitrogen and oxygen atoms in total. The maximum absolute atomic E-state index is 13.9. The Balaban J connectivity index is 2.03. The average molecular weight is 450 g/mol. The van der Waals surface area contributed by atoms with Gasteiger partial charge in [-0.2, -0.15) is 13.2 Å². The maximum atomic E-state index is 13.9. The summed E-state index contributed by atoms with van der Waals surface area (Å²) in [6.45, 7) is -0.997. The predicted octanol–water partition coefficient (Wildman–Crippen LogP) is 4.12. The van der Waals surface area contributed by atoms with E-state index in [1.807, 2.05) is 0 Å². The molecule has 9 heteroatoms. The number of alkyl halides is 3. The van der Waals surface area contributed by atoms with Crippen molar-refractivity contribution in [2.45, 2.75) is 37.4 Å². The highest BCUT2D eigenvalue weighted by atomic mass is 35.5. The van der Waals surface area contributed by atoms with Crippen molar-refractivity contribution >= 4 is 11.6 Å². The van der Waals surface area contributed by atoms with Gasteiger partial charge >= 0.3 is 6.18 Å². The van der Waals surface area contributed by atoms with Crippen molar-refractivity contribution in [2.75, 3.05) is 19.8 Å². The summed E-state index contributed by atoms with van der Waals surface area (Å²) in [5.74, 6) is -0.859. The minimum absolute atomic E-state index is 0.00717. The number of benzene rings is 2. The van der Waals surface area contributed by atoms with Crippen molar-refractivity contribution in [1.82, 2.24) is 0 Å². The van der Waals surface area contributed by atoms with Gasteiger partial charge in [-0.25, -0.2) is 4.39 Å². The van der Waals surface area contributed by atoms with E-state index in [9.17, 15) is 27.8 Å². The van der Waals surface area contributed by atoms with E-state index in [-0.39, 0.29) is 36.6 Å². The van der Waals surface area contributed by atoms with Crippen LogP contribution in [0.25, 0.3) is 0 Å². The number of halogens is 5. The molecule has 0 amide bonds. The summed E-state index contributed by atoms with van der Waals surface area (Å²) in [7, 11) is 0. The maximum Gasteiger partial charge on any atom is 0.419 e. The third-order valence-electron chi connectivity index (χ3n) is 4.77. The fourth-order valence-electron chi connectivity index (χ4n) is 2.87. The highest BCUT2D eigenvalue weighted by Crippen LogP contribution is 2.37. The van der Waals surface area contributed by atoms with Crippen molar-refractivity contribution in [3.8, 4) is 5.75 Å². The molecule has 4 N–H and O–H groups in total. The van der Waals surface area contributed by atoms with E-state index in [0.717, 1.165) is 6.07 Å². The Morgan fingerprint density at radius 2 is 1.73 bits per heavy atom. The van der Waals surface area contributed by atoms with Gasteiger partial charge < -0.3 is 20.7 Å². The summed E-state index contributed by atoms with van der Waals surface area (Å²) >= 11 is 5.71. The molecule has 30 heavy (non-hydrogen) atoms. The number of ether oxygens (including phenoxy) is 1. The Morgan fingerprint density at radius 3 is 2.37 bits per heavy atom. The normalized spacial score (nSPS) is 12.3. The molecule has 0 spiro atoms. The number of rotatable bonds is 10. The standard InChI is InChI=1S/C21H24ClF4NO3/c22-17-5-1-3-15(19(17)23)4-2-10-30-18-7-6-14(11-16(18)21(24,25)26)8-9-20(27,12-28)13-29/h1,3,5-7,11,28-29H,2,4,8-10,12-13,27H2. The van der Waals surface area contributed by atoms with Gasteiger partial charge in [0.15, 0.2) is 0 Å². The lowest BCUT2D eigenvalue weighted by Gasteiger charge is -2.24. The summed E-state index contributed by atoms with van der Waals surface area (Å²) in [5.41, 5.74) is 4.30. The van der Waals surface area contributed by atoms with Crippen LogP contribution in [0.2, 0.25) is 5.02 Å². The predicted molar refractivity (Wildman–Crippen MR) is 106 cm³/mol. The van der Waals surface area contributed by atoms with Gasteiger partial charge in [-0.05, 0) is 55.0 Å². The van der Waals surface area contributed by atoms with Gasteiger partial charge in [-0.1, -0.05) is 29.8 Å². The van der Waals surface area contributed by atoms with E-state index in [4.69, 9.17) is 22.1 Å². The quantitative estimate of drug-likeness (QED) is 0.376. The lowest BCUT2D eigenvalue weighted by molar-refractivity contribution is -0.139. The summed E-state index contributed by atoms with van der Waals surface area (Å²) in [6.07, 6.45) is -3.79. The van der Waals surface area contributed by atoms with Crippen molar-refractivity contribution in [3.63, 3.8) is 0 Å². The second-order valence-corrected chi connectivity index (χ2v) is 7.58. The van der Waals surface area contributed by atoms with Crippen LogP contribution >= 0.6 is 11.6 Å². The fourth-order valence-corrected chi connectivity index (χ4v) is 3.06. The summed E-state index contributed by atoms with van der Waals surface area (Å²) in [4.78, 5) is 0. The average Bonchev–Trinajstić information content (AvgIpc) is 2.72. The molecule has 0 aliphatic rings. The van der Waals surface area contributed by atoms with Crippen LogP contribution in [0, 0.1) is 5.82 Å². The Kier molecular flexibility index (Phi) is 8.49. The first-order chi connectivity index (χ1) is 14.1. The third kappa shape index (κ3) is 6.57. The zero-order valence-electron chi connectivity index (χ0n) is 16.2. The molecule has 0 fully saturated rings. The molecule has 0 aliphatic carbocycles. The summed E-state index contributed by atoms with van der Waals surface area (Å²) in [6, 6.07) is 8.27. The molecule has 0 atom stereocenters. The second-order valence-electron chi connectivity index (χ2n) is 7.17. The van der Waals surface area contributed by atoms with Crippen LogP contribution in [0.15, 0.2) is 36.4 Å². The largest absolute Gasteiger partial charge is 0.493 e. The Hall–Kier alpha value is -1.87. The smallest absolute Gasteiger partial charge is 0.419 e. The molecule has 0 aromatic heterocycles. The fraction of sp³-hybridized carbons (Fsp3) is 0.429. The first-order valence-electron chi connectivity index (χ1n) is 9.36. The molecular formula is C21H24ClF4NO3. The molecular weight excluding hydrogens is 426 g/mol. The molecule has 0 bridgehead atoms. The number of aliphatic hydroxyl groups excluding tert-OH is 2. The zero-order chi connectivity index (χ0) is 22.4. The van der Waals surface area contributed by atoms with Crippen LogP contribution in [0.4, 0.5) is 17.6 Å². The highest BCUT2D eigenvalue weighted by Gasteiger charge is 2.35. The lowest BCUT2D eigenvalue weighted by Crippen LogP contribution is -2.47. The van der Waals surface area contributed by atoms with E-state index < -0.39 is 36.3 Å². The molecule has 2 rings (SSSR count). The van der Waals surface area contributed by atoms with Gasteiger partial charge in [0.05, 0.1) is 35.9 Å². The van der Waals surface area contributed by atoms with Crippen molar-refractivity contribution in [2.24, 2.45) is 5.73 Å². The van der Waals surface area contributed by atoms with E-state index >= 15 is 0 Å². The lowest BCUT2D eigenvalue weighted by atomic mass is 9.93. The molecule has 0 aliphatic heterocycles. The first kappa shape index (κ1) is 24.4. The van der Waals surface area contributed by atoms with Gasteiger partial charge in [0, 0.05) is 0 Å². The molecule has 166 valence electrons. The Bertz CT molecular complexity index is 841. The second kappa shape index (κ2) is 10.4. The molecule has 0 unspecified atom stereocenters. The van der Waals surface area contributed by atoms with Crippen LogP contribution < -0.4 is 10.5 Å². The summed E-state index contributed by atoms with van der Waals surface area (Å²) in [5, 5.41) is 18.4. The first-order valence-corrected chi connectivity index (χ1v) is 9.74. The topological polar surface area (TPSA) is 75.7 Å². The van der Waals surface area contributed by atoms with E-state index in [0.29, 0.717) is 17.5 Å². The number of aliphatic hydroxyl groups is 2. The van der Waals surface area contributed by atoms with Crippen molar-refractivity contribution in [1.29, 1.82) is 0 Å². The van der Waals surface area contributed by atoms with Gasteiger partial charge in [0.1, 0.15) is 11.6 Å². The van der Waals surface area contributed by atoms with Gasteiger partial charge in [0.25, 0.3) is 0 Å². The van der Waals surface area contributed by atoms with Gasteiger partial charge in [-0.15, -0.1) is 0 Å². The Labute approximate surface area is 177 Å². The SMILES string of the molecule is NC(CO)(CO)CCc1ccc(OCCCc2cccc(Cl)c2F)c(C(F)(F)F)c1.